The molecule has 0 bridgehead atoms. The molecule has 3 aromatic rings. The lowest BCUT2D eigenvalue weighted by Gasteiger charge is -2.25. The summed E-state index contributed by atoms with van der Waals surface area (Å²) in [5.74, 6) is -1.03. The molecule has 1 aromatic carbocycles. The lowest BCUT2D eigenvalue weighted by Crippen LogP contribution is -2.42. The Morgan fingerprint density at radius 2 is 2.09 bits per heavy atom. The lowest BCUT2D eigenvalue weighted by atomic mass is 10.0. The van der Waals surface area contributed by atoms with Gasteiger partial charge in [-0.25, -0.2) is 9.40 Å². The first-order valence-electron chi connectivity index (χ1n) is 10.1. The fourth-order valence-corrected chi connectivity index (χ4v) is 4.36. The predicted molar refractivity (Wildman–Crippen MR) is 118 cm³/mol. The molecule has 1 atom stereocenters. The monoisotopic (exact) mass is 455 g/mol. The second kappa shape index (κ2) is 9.88. The average molecular weight is 456 g/mol. The van der Waals surface area contributed by atoms with Crippen LogP contribution in [0, 0.1) is 5.82 Å². The van der Waals surface area contributed by atoms with Gasteiger partial charge in [0.05, 0.1) is 24.6 Å². The zero-order valence-corrected chi connectivity index (χ0v) is 18.3. The molecular formula is C23H22FN3O4S. The molecule has 2 amide bonds. The fourth-order valence-electron chi connectivity index (χ4n) is 3.55. The molecule has 0 radical (unpaired) electrons. The number of furan rings is 1. The van der Waals surface area contributed by atoms with Crippen molar-refractivity contribution in [3.05, 3.63) is 82.2 Å². The van der Waals surface area contributed by atoms with Crippen molar-refractivity contribution in [2.75, 3.05) is 26.8 Å². The van der Waals surface area contributed by atoms with E-state index in [2.05, 4.69) is 5.10 Å². The van der Waals surface area contributed by atoms with Gasteiger partial charge < -0.3 is 14.1 Å². The van der Waals surface area contributed by atoms with Crippen LogP contribution in [0.2, 0.25) is 0 Å². The molecule has 166 valence electrons. The van der Waals surface area contributed by atoms with E-state index in [0.717, 1.165) is 4.88 Å². The van der Waals surface area contributed by atoms with E-state index in [-0.39, 0.29) is 43.2 Å². The van der Waals surface area contributed by atoms with Crippen LogP contribution in [0.1, 0.15) is 33.5 Å². The number of benzene rings is 1. The van der Waals surface area contributed by atoms with Crippen molar-refractivity contribution in [3.8, 4) is 0 Å². The fraction of sp³-hybridized carbons (Fsp3) is 0.261. The van der Waals surface area contributed by atoms with Gasteiger partial charge in [-0.1, -0.05) is 24.3 Å². The normalized spacial score (nSPS) is 15.6. The number of thiophene rings is 1. The molecule has 0 N–H and O–H groups in total. The van der Waals surface area contributed by atoms with Crippen LogP contribution in [0.5, 0.6) is 0 Å². The van der Waals surface area contributed by atoms with Crippen LogP contribution in [-0.2, 0) is 9.53 Å². The number of carbonyl (C=O) groups is 2. The highest BCUT2D eigenvalue weighted by Crippen LogP contribution is 2.35. The first-order valence-corrected chi connectivity index (χ1v) is 11.0. The molecule has 1 aliphatic heterocycles. The number of rotatable bonds is 8. The summed E-state index contributed by atoms with van der Waals surface area (Å²) in [7, 11) is 1.52. The summed E-state index contributed by atoms with van der Waals surface area (Å²) in [6.07, 6.45) is 1.79. The van der Waals surface area contributed by atoms with Gasteiger partial charge in [0.15, 0.2) is 5.76 Å². The third-order valence-electron chi connectivity index (χ3n) is 5.13. The Morgan fingerprint density at radius 1 is 1.25 bits per heavy atom. The molecule has 0 saturated carbocycles. The van der Waals surface area contributed by atoms with Gasteiger partial charge in [-0.15, -0.1) is 11.3 Å². The van der Waals surface area contributed by atoms with Crippen LogP contribution in [0.4, 0.5) is 4.39 Å². The van der Waals surface area contributed by atoms with Crippen LogP contribution in [-0.4, -0.2) is 54.2 Å². The highest BCUT2D eigenvalue weighted by atomic mass is 32.1. The quantitative estimate of drug-likeness (QED) is 0.516. The molecule has 4 rings (SSSR count). The van der Waals surface area contributed by atoms with E-state index in [1.807, 2.05) is 17.5 Å². The number of amides is 2. The molecule has 1 unspecified atom stereocenters. The van der Waals surface area contributed by atoms with E-state index in [0.29, 0.717) is 17.7 Å². The van der Waals surface area contributed by atoms with Crippen molar-refractivity contribution in [1.29, 1.82) is 0 Å². The molecule has 0 saturated heterocycles. The minimum atomic E-state index is -0.412. The number of halogens is 1. The van der Waals surface area contributed by atoms with Gasteiger partial charge in [0.1, 0.15) is 12.4 Å². The minimum absolute atomic E-state index is 0.140. The number of methoxy groups -OCH3 is 1. The van der Waals surface area contributed by atoms with Crippen molar-refractivity contribution in [2.24, 2.45) is 5.10 Å². The maximum atomic E-state index is 14.4. The van der Waals surface area contributed by atoms with E-state index in [4.69, 9.17) is 9.15 Å². The molecule has 32 heavy (non-hydrogen) atoms. The van der Waals surface area contributed by atoms with Gasteiger partial charge in [-0.3, -0.25) is 9.59 Å². The summed E-state index contributed by atoms with van der Waals surface area (Å²) in [6.45, 7) is 0.264. The van der Waals surface area contributed by atoms with Crippen molar-refractivity contribution >= 4 is 28.9 Å². The highest BCUT2D eigenvalue weighted by molar-refractivity contribution is 7.10. The first kappa shape index (κ1) is 21.9. The number of carbonyl (C=O) groups excluding carboxylic acids is 2. The van der Waals surface area contributed by atoms with Gasteiger partial charge >= 0.3 is 0 Å². The van der Waals surface area contributed by atoms with E-state index < -0.39 is 5.91 Å². The second-order valence-corrected chi connectivity index (χ2v) is 8.18. The maximum absolute atomic E-state index is 14.4. The summed E-state index contributed by atoms with van der Waals surface area (Å²) in [6, 6.07) is 13.0. The van der Waals surface area contributed by atoms with Gasteiger partial charge in [-0.2, -0.15) is 5.10 Å². The summed E-state index contributed by atoms with van der Waals surface area (Å²) >= 11 is 1.50. The van der Waals surface area contributed by atoms with Crippen LogP contribution in [0.25, 0.3) is 0 Å². The van der Waals surface area contributed by atoms with Gasteiger partial charge in [0.2, 0.25) is 0 Å². The van der Waals surface area contributed by atoms with Crippen LogP contribution < -0.4 is 0 Å². The molecule has 0 spiro atoms. The van der Waals surface area contributed by atoms with Gasteiger partial charge in [-0.05, 0) is 29.6 Å². The van der Waals surface area contributed by atoms with Crippen LogP contribution in [0.15, 0.2) is 69.7 Å². The summed E-state index contributed by atoms with van der Waals surface area (Å²) < 4.78 is 24.7. The topological polar surface area (TPSA) is 75.3 Å². The van der Waals surface area contributed by atoms with Crippen molar-refractivity contribution < 1.29 is 23.1 Å². The molecule has 2 aromatic heterocycles. The predicted octanol–water partition coefficient (Wildman–Crippen LogP) is 3.95. The molecular weight excluding hydrogens is 433 g/mol. The number of ether oxygens (including phenoxy) is 1. The maximum Gasteiger partial charge on any atom is 0.290 e. The van der Waals surface area contributed by atoms with Crippen LogP contribution >= 0.6 is 11.3 Å². The standard InChI is InChI=1S/C23H22FN3O4S/c1-30-12-10-26(23(29)20-8-4-11-31-20)15-22(28)27-19(21-9-5-13-32-21)14-18(25-27)16-6-2-3-7-17(16)24/h2-9,11,13,19H,10,12,14-15H2,1H3. The van der Waals surface area contributed by atoms with E-state index in [9.17, 15) is 14.0 Å². The number of hydrazone groups is 1. The van der Waals surface area contributed by atoms with E-state index in [1.165, 1.54) is 40.7 Å². The average Bonchev–Trinajstić information content (AvgIpc) is 3.57. The lowest BCUT2D eigenvalue weighted by molar-refractivity contribution is -0.133. The molecule has 0 aliphatic carbocycles. The molecule has 1 aliphatic rings. The van der Waals surface area contributed by atoms with Crippen molar-refractivity contribution in [1.82, 2.24) is 9.91 Å². The van der Waals surface area contributed by atoms with Crippen molar-refractivity contribution in [3.63, 3.8) is 0 Å². The zero-order chi connectivity index (χ0) is 22.5. The SMILES string of the molecule is COCCN(CC(=O)N1N=C(c2ccccc2F)CC1c1cccs1)C(=O)c1ccco1. The van der Waals surface area contributed by atoms with Gasteiger partial charge in [0, 0.05) is 30.5 Å². The number of hydrogen-bond acceptors (Lipinski definition) is 6. The summed E-state index contributed by atoms with van der Waals surface area (Å²) in [5, 5.41) is 7.77. The first-order chi connectivity index (χ1) is 15.6. The van der Waals surface area contributed by atoms with E-state index in [1.54, 1.807) is 30.3 Å². The van der Waals surface area contributed by atoms with Crippen LogP contribution in [0.3, 0.4) is 0 Å². The molecule has 9 heteroatoms. The second-order valence-electron chi connectivity index (χ2n) is 7.20. The number of nitrogens with zero attached hydrogens (tertiary/aromatic N) is 3. The Bertz CT molecular complexity index is 1100. The Morgan fingerprint density at radius 3 is 2.78 bits per heavy atom. The van der Waals surface area contributed by atoms with Crippen molar-refractivity contribution in [2.45, 2.75) is 12.5 Å². The minimum Gasteiger partial charge on any atom is -0.459 e. The highest BCUT2D eigenvalue weighted by Gasteiger charge is 2.35. The van der Waals surface area contributed by atoms with E-state index >= 15 is 0 Å². The Balaban J connectivity index is 1.60. The molecule has 7 nitrogen and oxygen atoms in total. The van der Waals surface area contributed by atoms with Gasteiger partial charge in [0.25, 0.3) is 11.8 Å². The smallest absolute Gasteiger partial charge is 0.290 e. The Labute approximate surface area is 188 Å². The number of hydrogen-bond donors (Lipinski definition) is 0. The third-order valence-corrected chi connectivity index (χ3v) is 6.11. The molecule has 3 heterocycles. The largest absolute Gasteiger partial charge is 0.459 e. The molecule has 0 fully saturated rings. The zero-order valence-electron chi connectivity index (χ0n) is 17.4. The Hall–Kier alpha value is -3.30. The Kier molecular flexibility index (Phi) is 6.77. The third kappa shape index (κ3) is 4.63. The summed E-state index contributed by atoms with van der Waals surface area (Å²) in [4.78, 5) is 28.5. The summed E-state index contributed by atoms with van der Waals surface area (Å²) in [5.41, 5.74) is 0.864.